The molecule has 0 saturated carbocycles. The van der Waals surface area contributed by atoms with Gasteiger partial charge in [-0.3, -0.25) is 0 Å². The van der Waals surface area contributed by atoms with Gasteiger partial charge < -0.3 is 21.9 Å². The van der Waals surface area contributed by atoms with Gasteiger partial charge in [0.2, 0.25) is 0 Å². The molecular weight excluding hydrogens is 266 g/mol. The molecule has 0 aliphatic rings. The van der Waals surface area contributed by atoms with E-state index >= 15 is 0 Å². The Balaban J connectivity index is 0. The van der Waals surface area contributed by atoms with Gasteiger partial charge >= 0.3 is 71.3 Å². The maximum absolute atomic E-state index is 0. The third-order valence-electron chi connectivity index (χ3n) is 0. The Bertz CT molecular complexity index is 7.51. The number of rotatable bonds is 0. The molecule has 0 aromatic carbocycles. The van der Waals surface area contributed by atoms with E-state index in [1.54, 1.807) is 0 Å². The molecule has 4 nitrogen and oxygen atoms in total. The molecule has 0 aliphatic heterocycles. The summed E-state index contributed by atoms with van der Waals surface area (Å²) >= 11 is 0. The van der Waals surface area contributed by atoms with Crippen LogP contribution < -0.4 is 0 Å². The van der Waals surface area contributed by atoms with Gasteiger partial charge in [-0.1, -0.05) is 0 Å². The van der Waals surface area contributed by atoms with E-state index in [2.05, 4.69) is 0 Å². The third-order valence-corrected chi connectivity index (χ3v) is 0. The van der Waals surface area contributed by atoms with E-state index in [0.29, 0.717) is 0 Å². The Kier molecular flexibility index (Phi) is 845. The van der Waals surface area contributed by atoms with Crippen molar-refractivity contribution in [2.75, 3.05) is 0 Å². The van der Waals surface area contributed by atoms with E-state index in [9.17, 15) is 0 Å². The second-order valence-electron chi connectivity index (χ2n) is 0. The van der Waals surface area contributed by atoms with Gasteiger partial charge in [0, 0.05) is 0 Å². The Morgan fingerprint density at radius 1 is 0.833 bits per heavy atom. The van der Waals surface area contributed by atoms with Crippen molar-refractivity contribution >= 4 is 71.3 Å². The summed E-state index contributed by atoms with van der Waals surface area (Å²) in [4.78, 5) is 0. The molecule has 6 heavy (non-hydrogen) atoms. The van der Waals surface area contributed by atoms with Crippen LogP contribution in [0.4, 0.5) is 0 Å². The van der Waals surface area contributed by atoms with E-state index in [0.717, 1.165) is 0 Å². The predicted molar refractivity (Wildman–Crippen MR) is 18.4 cm³/mol. The average Bonchev–Trinajstić information content (AvgIpc) is 0. The first-order valence-electron chi connectivity index (χ1n) is 0. The standard InChI is InChI=1S/In.2H2O.2O.Sr/h;2*1H2;;;/q+3;;;2*-2;+2/p-1. The number of hydrogen-bond acceptors (Lipinski definition) is 1. The molecule has 0 rings (SSSR count). The molecule has 0 aromatic rings. The van der Waals surface area contributed by atoms with E-state index in [1.807, 2.05) is 0 Å². The Labute approximate surface area is 91.6 Å². The van der Waals surface area contributed by atoms with Gasteiger partial charge in [-0.25, -0.2) is 0 Å². The van der Waals surface area contributed by atoms with Crippen molar-refractivity contribution in [2.24, 2.45) is 0 Å². The minimum Gasteiger partial charge on any atom is -2.00 e. The van der Waals surface area contributed by atoms with Crippen LogP contribution in [0.25, 0.3) is 0 Å². The van der Waals surface area contributed by atoms with Crippen molar-refractivity contribution < 1.29 is 21.9 Å². The molecule has 0 saturated heterocycles. The van der Waals surface area contributed by atoms with Crippen molar-refractivity contribution in [3.8, 4) is 0 Å². The van der Waals surface area contributed by atoms with Crippen molar-refractivity contribution in [3.63, 3.8) is 0 Å². The smallest absolute Gasteiger partial charge is 2.00 e. The average molecular weight is 269 g/mol. The number of hydrogen-bond donors (Lipinski definition) is 0. The van der Waals surface area contributed by atoms with Gasteiger partial charge in [0.25, 0.3) is 0 Å². The van der Waals surface area contributed by atoms with E-state index in [-0.39, 0.29) is 93.2 Å². The second kappa shape index (κ2) is 57.4. The fourth-order valence-electron chi connectivity index (χ4n) is 0. The molecule has 0 aliphatic carbocycles. The zero-order valence-corrected chi connectivity index (χ0v) is 9.82. The molecule has 6 heteroatoms. The summed E-state index contributed by atoms with van der Waals surface area (Å²) < 4.78 is 0. The molecule has 0 radical (unpaired) electrons. The Hall–Kier alpha value is 2.19. The van der Waals surface area contributed by atoms with Crippen molar-refractivity contribution in [3.05, 3.63) is 0 Å². The zero-order valence-electron chi connectivity index (χ0n) is 3.05. The largest absolute Gasteiger partial charge is 3.00 e. The van der Waals surface area contributed by atoms with Crippen LogP contribution in [0, 0.1) is 0 Å². The summed E-state index contributed by atoms with van der Waals surface area (Å²) in [6, 6.07) is 0. The summed E-state index contributed by atoms with van der Waals surface area (Å²) in [5, 5.41) is 0. The van der Waals surface area contributed by atoms with Gasteiger partial charge in [-0.05, 0) is 0 Å². The molecule has 0 unspecified atom stereocenters. The fraction of sp³-hybridized carbons (Fsp3) is 0. The van der Waals surface area contributed by atoms with Gasteiger partial charge in [-0.2, -0.15) is 0 Å². The van der Waals surface area contributed by atoms with Crippen LogP contribution in [0.1, 0.15) is 0 Å². The van der Waals surface area contributed by atoms with Gasteiger partial charge in [0.05, 0.1) is 0 Å². The molecular formula is H3InO4Sr. The molecule has 32 valence electrons. The minimum atomic E-state index is 0. The van der Waals surface area contributed by atoms with Crippen molar-refractivity contribution in [2.45, 2.75) is 0 Å². The first kappa shape index (κ1) is 88.2. The predicted octanol–water partition coefficient (Wildman–Crippen LogP) is -2.00. The molecule has 0 amide bonds. The minimum absolute atomic E-state index is 0. The Morgan fingerprint density at radius 3 is 0.833 bits per heavy atom. The molecule has 0 atom stereocenters. The SMILES string of the molecule is O.[In+3].[O-2].[O-2].[OH-].[Sr+2]. The second-order valence-corrected chi connectivity index (χ2v) is 0. The van der Waals surface area contributed by atoms with Crippen LogP contribution in [-0.4, -0.2) is 82.3 Å². The first-order valence-corrected chi connectivity index (χ1v) is 0. The van der Waals surface area contributed by atoms with Gasteiger partial charge in [-0.15, -0.1) is 0 Å². The van der Waals surface area contributed by atoms with E-state index in [4.69, 9.17) is 0 Å². The molecule has 0 bridgehead atoms. The third kappa shape index (κ3) is 34.8. The van der Waals surface area contributed by atoms with Crippen LogP contribution >= 0.6 is 0 Å². The van der Waals surface area contributed by atoms with E-state index < -0.39 is 0 Å². The van der Waals surface area contributed by atoms with Crippen LogP contribution in [0.2, 0.25) is 0 Å². The van der Waals surface area contributed by atoms with Crippen LogP contribution in [-0.2, 0) is 11.0 Å². The Morgan fingerprint density at radius 2 is 0.833 bits per heavy atom. The van der Waals surface area contributed by atoms with Crippen LogP contribution in [0.5, 0.6) is 0 Å². The van der Waals surface area contributed by atoms with E-state index in [1.165, 1.54) is 0 Å². The quantitative estimate of drug-likeness (QED) is 0.464. The summed E-state index contributed by atoms with van der Waals surface area (Å²) in [5.41, 5.74) is 0. The molecule has 0 heterocycles. The molecule has 0 aromatic heterocycles. The monoisotopic (exact) mass is 270 g/mol. The van der Waals surface area contributed by atoms with Crippen molar-refractivity contribution in [1.29, 1.82) is 0 Å². The molecule has 3 N–H and O–H groups in total. The maximum Gasteiger partial charge on any atom is 3.00 e. The van der Waals surface area contributed by atoms with Gasteiger partial charge in [0.15, 0.2) is 0 Å². The summed E-state index contributed by atoms with van der Waals surface area (Å²) in [6.07, 6.45) is 0. The van der Waals surface area contributed by atoms with Crippen molar-refractivity contribution in [1.82, 2.24) is 0 Å². The van der Waals surface area contributed by atoms with Crippen LogP contribution in [0.3, 0.4) is 0 Å². The van der Waals surface area contributed by atoms with Crippen LogP contribution in [0.15, 0.2) is 0 Å². The molecule has 0 fully saturated rings. The zero-order chi connectivity index (χ0) is 0. The summed E-state index contributed by atoms with van der Waals surface area (Å²) in [6.45, 7) is 0. The fourth-order valence-corrected chi connectivity index (χ4v) is 0. The molecule has 0 spiro atoms. The summed E-state index contributed by atoms with van der Waals surface area (Å²) in [7, 11) is 0. The maximum atomic E-state index is 0. The summed E-state index contributed by atoms with van der Waals surface area (Å²) in [5.74, 6) is 0. The topological polar surface area (TPSA) is 118 Å². The normalized spacial score (nSPS) is 0. The first-order chi connectivity index (χ1) is 0. The van der Waals surface area contributed by atoms with Gasteiger partial charge in [0.1, 0.15) is 0 Å².